The summed E-state index contributed by atoms with van der Waals surface area (Å²) in [6.45, 7) is 0. The highest BCUT2D eigenvalue weighted by atomic mass is 31.0. The third-order valence-corrected chi connectivity index (χ3v) is 1.79. The molecule has 1 aromatic rings. The molecule has 2 nitrogen and oxygen atoms in total. The molecule has 5 heteroatoms. The third kappa shape index (κ3) is 2.13. The molecule has 0 spiro atoms. The summed E-state index contributed by atoms with van der Waals surface area (Å²) in [4.78, 5) is 0. The van der Waals surface area contributed by atoms with Crippen LogP contribution in [-0.2, 0) is 5.66 Å². The van der Waals surface area contributed by atoms with Gasteiger partial charge in [0.1, 0.15) is 5.75 Å². The first-order chi connectivity index (χ1) is 5.95. The number of hydrogen-bond donors (Lipinski definition) is 1. The van der Waals surface area contributed by atoms with E-state index >= 15 is 0 Å². The minimum atomic E-state index is -3.19. The summed E-state index contributed by atoms with van der Waals surface area (Å²) < 4.78 is 25.6. The molecule has 13 heavy (non-hydrogen) atoms. The van der Waals surface area contributed by atoms with Crippen LogP contribution in [0.25, 0.3) is 0 Å². The molecule has 1 unspecified atom stereocenters. The van der Waals surface area contributed by atoms with Crippen molar-refractivity contribution in [3.63, 3.8) is 0 Å². The van der Waals surface area contributed by atoms with Gasteiger partial charge >= 0.3 is 0 Å². The van der Waals surface area contributed by atoms with Crippen LogP contribution in [0.15, 0.2) is 18.2 Å². The standard InChI is InChI=1S/C8H6F2NOP/c9-8(10,13)7-3-6(12)2-1-5(7)4-11/h1-3,12H,13H2. The number of nitrogens with zero attached hydrogens (tertiary/aromatic N) is 1. The lowest BCUT2D eigenvalue weighted by atomic mass is 10.1. The maximum Gasteiger partial charge on any atom is 0.285 e. The monoisotopic (exact) mass is 201 g/mol. The predicted octanol–water partition coefficient (Wildman–Crippen LogP) is 2.19. The molecule has 0 saturated heterocycles. The second kappa shape index (κ2) is 3.27. The number of benzene rings is 1. The van der Waals surface area contributed by atoms with Gasteiger partial charge in [0.15, 0.2) is 0 Å². The zero-order valence-corrected chi connectivity index (χ0v) is 7.61. The normalized spacial score (nSPS) is 10.9. The van der Waals surface area contributed by atoms with Gasteiger partial charge in [-0.1, -0.05) is 9.24 Å². The van der Waals surface area contributed by atoms with Gasteiger partial charge in [-0.25, -0.2) is 0 Å². The van der Waals surface area contributed by atoms with Crippen molar-refractivity contribution < 1.29 is 13.9 Å². The zero-order valence-electron chi connectivity index (χ0n) is 6.46. The molecule has 0 fully saturated rings. The van der Waals surface area contributed by atoms with E-state index in [-0.39, 0.29) is 11.3 Å². The van der Waals surface area contributed by atoms with Crippen LogP contribution in [0.5, 0.6) is 5.75 Å². The lowest BCUT2D eigenvalue weighted by Crippen LogP contribution is -2.04. The lowest BCUT2D eigenvalue weighted by molar-refractivity contribution is 0.103. The first-order valence-corrected chi connectivity index (χ1v) is 3.93. The maximum atomic E-state index is 12.8. The topological polar surface area (TPSA) is 44.0 Å². The number of alkyl halides is 2. The molecule has 0 aliphatic heterocycles. The van der Waals surface area contributed by atoms with Gasteiger partial charge in [0, 0.05) is 5.56 Å². The van der Waals surface area contributed by atoms with E-state index in [0.29, 0.717) is 0 Å². The van der Waals surface area contributed by atoms with Crippen LogP contribution in [0.4, 0.5) is 8.78 Å². The fourth-order valence-corrected chi connectivity index (χ4v) is 1.14. The summed E-state index contributed by atoms with van der Waals surface area (Å²) in [6, 6.07) is 4.85. The van der Waals surface area contributed by atoms with Gasteiger partial charge in [-0.2, -0.15) is 14.0 Å². The van der Waals surface area contributed by atoms with E-state index in [9.17, 15) is 8.78 Å². The second-order valence-electron chi connectivity index (χ2n) is 2.46. The molecular formula is C8H6F2NOP. The van der Waals surface area contributed by atoms with Crippen LogP contribution in [-0.4, -0.2) is 5.11 Å². The number of rotatable bonds is 1. The van der Waals surface area contributed by atoms with Crippen molar-refractivity contribution in [2.45, 2.75) is 5.66 Å². The quantitative estimate of drug-likeness (QED) is 0.707. The van der Waals surface area contributed by atoms with E-state index in [0.717, 1.165) is 12.1 Å². The molecule has 68 valence electrons. The Morgan fingerprint density at radius 2 is 2.08 bits per heavy atom. The molecule has 1 rings (SSSR count). The zero-order chi connectivity index (χ0) is 10.1. The number of phenols is 1. The molecule has 0 aliphatic carbocycles. The minimum Gasteiger partial charge on any atom is -0.508 e. The van der Waals surface area contributed by atoms with Crippen molar-refractivity contribution in [1.82, 2.24) is 0 Å². The Balaban J connectivity index is 3.35. The van der Waals surface area contributed by atoms with Gasteiger partial charge in [-0.15, -0.1) is 0 Å². The molecule has 0 aliphatic rings. The Labute approximate surface area is 76.0 Å². The van der Waals surface area contributed by atoms with E-state index in [1.807, 2.05) is 0 Å². The first-order valence-electron chi connectivity index (χ1n) is 3.35. The molecule has 0 bridgehead atoms. The Bertz CT molecular complexity index is 367. The Morgan fingerprint density at radius 3 is 2.54 bits per heavy atom. The van der Waals surface area contributed by atoms with Crippen molar-refractivity contribution in [1.29, 1.82) is 5.26 Å². The molecule has 0 saturated carbocycles. The smallest absolute Gasteiger partial charge is 0.285 e. The second-order valence-corrected chi connectivity index (χ2v) is 3.19. The predicted molar refractivity (Wildman–Crippen MR) is 46.4 cm³/mol. The summed E-state index contributed by atoms with van der Waals surface area (Å²) in [5.74, 6) is -0.281. The van der Waals surface area contributed by atoms with E-state index in [1.165, 1.54) is 15.3 Å². The Hall–Kier alpha value is -1.20. The highest BCUT2D eigenvalue weighted by Gasteiger charge is 2.28. The maximum absolute atomic E-state index is 12.8. The molecule has 1 aromatic carbocycles. The highest BCUT2D eigenvalue weighted by molar-refractivity contribution is 7.17. The summed E-state index contributed by atoms with van der Waals surface area (Å²) in [5, 5.41) is 17.4. The SMILES string of the molecule is N#Cc1ccc(O)cc1C(F)(F)P. The summed E-state index contributed by atoms with van der Waals surface area (Å²) in [5.41, 5.74) is -3.82. The van der Waals surface area contributed by atoms with Gasteiger partial charge in [-0.3, -0.25) is 0 Å². The van der Waals surface area contributed by atoms with Crippen molar-refractivity contribution >= 4 is 9.24 Å². The van der Waals surface area contributed by atoms with Gasteiger partial charge in [-0.05, 0) is 18.2 Å². The largest absolute Gasteiger partial charge is 0.508 e. The molecule has 0 radical (unpaired) electrons. The van der Waals surface area contributed by atoms with Gasteiger partial charge in [0.25, 0.3) is 5.66 Å². The van der Waals surface area contributed by atoms with E-state index < -0.39 is 11.2 Å². The van der Waals surface area contributed by atoms with E-state index in [4.69, 9.17) is 10.4 Å². The number of hydrogen-bond acceptors (Lipinski definition) is 2. The van der Waals surface area contributed by atoms with Crippen molar-refractivity contribution in [3.8, 4) is 11.8 Å². The Kier molecular flexibility index (Phi) is 2.49. The lowest BCUT2D eigenvalue weighted by Gasteiger charge is -2.11. The number of aromatic hydroxyl groups is 1. The van der Waals surface area contributed by atoms with Crippen molar-refractivity contribution in [2.75, 3.05) is 0 Å². The molecule has 1 N–H and O–H groups in total. The Morgan fingerprint density at radius 1 is 1.46 bits per heavy atom. The average molecular weight is 201 g/mol. The van der Waals surface area contributed by atoms with E-state index in [1.54, 1.807) is 6.07 Å². The summed E-state index contributed by atoms with van der Waals surface area (Å²) in [6.07, 6.45) is 0. The van der Waals surface area contributed by atoms with Crippen LogP contribution in [0, 0.1) is 11.3 Å². The fourth-order valence-electron chi connectivity index (χ4n) is 0.906. The van der Waals surface area contributed by atoms with E-state index in [2.05, 4.69) is 0 Å². The van der Waals surface area contributed by atoms with Crippen molar-refractivity contribution in [3.05, 3.63) is 29.3 Å². The fraction of sp³-hybridized carbons (Fsp3) is 0.125. The van der Waals surface area contributed by atoms with Crippen LogP contribution in [0.3, 0.4) is 0 Å². The molecule has 0 amide bonds. The molecule has 0 aromatic heterocycles. The number of halogens is 2. The first kappa shape index (κ1) is 9.88. The van der Waals surface area contributed by atoms with Crippen LogP contribution >= 0.6 is 9.24 Å². The molecule has 0 heterocycles. The van der Waals surface area contributed by atoms with Gasteiger partial charge < -0.3 is 5.11 Å². The van der Waals surface area contributed by atoms with Crippen LogP contribution in [0.1, 0.15) is 11.1 Å². The molecular weight excluding hydrogens is 195 g/mol. The van der Waals surface area contributed by atoms with Crippen molar-refractivity contribution in [2.24, 2.45) is 0 Å². The van der Waals surface area contributed by atoms with Crippen LogP contribution < -0.4 is 0 Å². The highest BCUT2D eigenvalue weighted by Crippen LogP contribution is 2.38. The van der Waals surface area contributed by atoms with Gasteiger partial charge in [0.2, 0.25) is 0 Å². The molecule has 1 atom stereocenters. The third-order valence-electron chi connectivity index (χ3n) is 1.48. The number of nitriles is 1. The minimum absolute atomic E-state index is 0.141. The average Bonchev–Trinajstić information content (AvgIpc) is 2.03. The van der Waals surface area contributed by atoms with Crippen LogP contribution in [0.2, 0.25) is 0 Å². The summed E-state index contributed by atoms with van der Waals surface area (Å²) >= 11 is 0. The summed E-state index contributed by atoms with van der Waals surface area (Å²) in [7, 11) is 1.32. The van der Waals surface area contributed by atoms with Gasteiger partial charge in [0.05, 0.1) is 11.6 Å². The number of phenolic OH excluding ortho intramolecular Hbond substituents is 1.